The van der Waals surface area contributed by atoms with Crippen LogP contribution in [0.25, 0.3) is 0 Å². The predicted molar refractivity (Wildman–Crippen MR) is 44.8 cm³/mol. The van der Waals surface area contributed by atoms with E-state index in [2.05, 4.69) is 21.5 Å². The first-order valence-electron chi connectivity index (χ1n) is 2.49. The Hall–Kier alpha value is -0.300. The lowest BCUT2D eigenvalue weighted by molar-refractivity contribution is 0.0168. The third-order valence-electron chi connectivity index (χ3n) is 1.03. The van der Waals surface area contributed by atoms with Crippen LogP contribution in [0.1, 0.15) is 0 Å². The average Bonchev–Trinajstić information content (AvgIpc) is 1.83. The molecule has 0 radical (unpaired) electrons. The molecule has 0 aromatic heterocycles. The zero-order valence-corrected chi connectivity index (χ0v) is 7.72. The van der Waals surface area contributed by atoms with Gasteiger partial charge in [0.15, 0.2) is 0 Å². The molecule has 1 rings (SSSR count). The number of amides is 2. The Morgan fingerprint density at radius 3 is 2.73 bits per heavy atom. The summed E-state index contributed by atoms with van der Waals surface area (Å²) in [5, 5.41) is 11.4. The first kappa shape index (κ1) is 10.7. The van der Waals surface area contributed by atoms with Crippen LogP contribution in [-0.2, 0) is 0 Å². The van der Waals surface area contributed by atoms with Crippen LogP contribution >= 0.6 is 28.6 Å². The van der Waals surface area contributed by atoms with Gasteiger partial charge in [-0.05, 0) is 0 Å². The maximum Gasteiger partial charge on any atom is 0.335 e. The van der Waals surface area contributed by atoms with Gasteiger partial charge in [-0.3, -0.25) is 5.73 Å². The Morgan fingerprint density at radius 2 is 2.36 bits per heavy atom. The van der Waals surface area contributed by atoms with Crippen molar-refractivity contribution in [3.63, 3.8) is 0 Å². The quantitative estimate of drug-likeness (QED) is 0.410. The van der Waals surface area contributed by atoms with Gasteiger partial charge in [-0.25, -0.2) is 8.72 Å². The zero-order chi connectivity index (χ0) is 7.78. The number of nitrogens with two attached hydrogens (primary N) is 1. The van der Waals surface area contributed by atoms with Gasteiger partial charge in [0.25, 0.3) is 0 Å². The standard InChI is InChI=1S/C4H6BrN3O2.ClH/c5-8-3(9)7-2-1-4(8,6)10;/h1-2,10H,6H2,(H,7,9);1H. The van der Waals surface area contributed by atoms with Crippen molar-refractivity contribution in [3.8, 4) is 0 Å². The lowest BCUT2D eigenvalue weighted by Gasteiger charge is -2.30. The maximum atomic E-state index is 10.7. The van der Waals surface area contributed by atoms with Gasteiger partial charge in [0.1, 0.15) is 0 Å². The van der Waals surface area contributed by atoms with E-state index in [0.717, 1.165) is 3.93 Å². The Balaban J connectivity index is 0.000001000. The van der Waals surface area contributed by atoms with Gasteiger partial charge in [0, 0.05) is 12.3 Å². The second-order valence-electron chi connectivity index (χ2n) is 1.85. The fraction of sp³-hybridized carbons (Fsp3) is 0.250. The molecule has 1 aliphatic heterocycles. The summed E-state index contributed by atoms with van der Waals surface area (Å²) in [6.07, 6.45) is 2.52. The Kier molecular flexibility index (Phi) is 3.30. The lowest BCUT2D eigenvalue weighted by atomic mass is 10.4. The number of nitrogens with zero attached hydrogens (tertiary/aromatic N) is 1. The van der Waals surface area contributed by atoms with Gasteiger partial charge in [-0.15, -0.1) is 12.4 Å². The van der Waals surface area contributed by atoms with Crippen molar-refractivity contribution in [2.45, 2.75) is 5.85 Å². The van der Waals surface area contributed by atoms with Gasteiger partial charge in [-0.2, -0.15) is 0 Å². The molecule has 0 fully saturated rings. The number of halogens is 2. The molecule has 7 heteroatoms. The van der Waals surface area contributed by atoms with Crippen molar-refractivity contribution in [1.82, 2.24) is 9.24 Å². The first-order valence-corrected chi connectivity index (χ1v) is 3.20. The van der Waals surface area contributed by atoms with Gasteiger partial charge in [0.2, 0.25) is 5.85 Å². The number of urea groups is 1. The molecule has 2 amide bonds. The molecule has 1 aliphatic rings. The Morgan fingerprint density at radius 1 is 1.82 bits per heavy atom. The van der Waals surface area contributed by atoms with Crippen molar-refractivity contribution < 1.29 is 9.90 Å². The molecule has 1 heterocycles. The van der Waals surface area contributed by atoms with Crippen molar-refractivity contribution >= 4 is 34.6 Å². The minimum Gasteiger partial charge on any atom is -0.355 e. The second kappa shape index (κ2) is 3.40. The fourth-order valence-corrected chi connectivity index (χ4v) is 0.741. The molecule has 0 aromatic carbocycles. The van der Waals surface area contributed by atoms with E-state index in [1.165, 1.54) is 12.3 Å². The van der Waals surface area contributed by atoms with E-state index < -0.39 is 11.9 Å². The Bertz CT molecular complexity index is 196. The molecule has 4 N–H and O–H groups in total. The summed E-state index contributed by atoms with van der Waals surface area (Å²) in [5.74, 6) is -1.73. The van der Waals surface area contributed by atoms with Crippen LogP contribution in [0.2, 0.25) is 0 Å². The zero-order valence-electron chi connectivity index (χ0n) is 5.32. The van der Waals surface area contributed by atoms with Crippen LogP contribution in [-0.4, -0.2) is 20.9 Å². The minimum absolute atomic E-state index is 0. The first-order chi connectivity index (χ1) is 4.54. The van der Waals surface area contributed by atoms with Crippen LogP contribution in [0.3, 0.4) is 0 Å². The van der Waals surface area contributed by atoms with Crippen LogP contribution in [0.15, 0.2) is 12.3 Å². The topological polar surface area (TPSA) is 78.6 Å². The van der Waals surface area contributed by atoms with Gasteiger partial charge in [0.05, 0.1) is 16.1 Å². The highest BCUT2D eigenvalue weighted by Gasteiger charge is 2.32. The molecule has 1 atom stereocenters. The van der Waals surface area contributed by atoms with E-state index in [4.69, 9.17) is 10.8 Å². The summed E-state index contributed by atoms with van der Waals surface area (Å²) in [6.45, 7) is 0. The van der Waals surface area contributed by atoms with Crippen LogP contribution in [0, 0.1) is 0 Å². The summed E-state index contributed by atoms with van der Waals surface area (Å²) in [6, 6.07) is -0.507. The molecular formula is C4H7BrClN3O2. The van der Waals surface area contributed by atoms with Crippen LogP contribution < -0.4 is 11.1 Å². The molecule has 0 saturated heterocycles. The van der Waals surface area contributed by atoms with Gasteiger partial charge >= 0.3 is 6.03 Å². The molecule has 0 aromatic rings. The average molecular weight is 244 g/mol. The maximum absolute atomic E-state index is 10.7. The normalized spacial score (nSPS) is 29.4. The number of rotatable bonds is 0. The highest BCUT2D eigenvalue weighted by Crippen LogP contribution is 2.15. The number of hydrogen-bond acceptors (Lipinski definition) is 3. The molecule has 1 unspecified atom stereocenters. The monoisotopic (exact) mass is 243 g/mol. The number of carbonyl (C=O) groups is 1. The predicted octanol–water partition coefficient (Wildman–Crippen LogP) is -0.138. The summed E-state index contributed by atoms with van der Waals surface area (Å²) < 4.78 is 0.806. The van der Waals surface area contributed by atoms with Gasteiger partial charge in [-0.1, -0.05) is 0 Å². The van der Waals surface area contributed by atoms with E-state index in [0.29, 0.717) is 0 Å². The molecule has 0 saturated carbocycles. The smallest absolute Gasteiger partial charge is 0.335 e. The van der Waals surface area contributed by atoms with Crippen LogP contribution in [0.4, 0.5) is 4.79 Å². The summed E-state index contributed by atoms with van der Waals surface area (Å²) in [7, 11) is 0. The summed E-state index contributed by atoms with van der Waals surface area (Å²) in [5.41, 5.74) is 5.20. The molecule has 0 bridgehead atoms. The van der Waals surface area contributed by atoms with Gasteiger partial charge < -0.3 is 10.4 Å². The number of hydrogen-bond donors (Lipinski definition) is 3. The van der Waals surface area contributed by atoms with E-state index in [1.54, 1.807) is 0 Å². The van der Waals surface area contributed by atoms with E-state index in [1.807, 2.05) is 0 Å². The molecule has 0 aliphatic carbocycles. The van der Waals surface area contributed by atoms with E-state index in [-0.39, 0.29) is 12.4 Å². The SMILES string of the molecule is Cl.NC1(O)C=CNC(=O)N1Br. The highest BCUT2D eigenvalue weighted by atomic mass is 79.9. The van der Waals surface area contributed by atoms with E-state index >= 15 is 0 Å². The number of aliphatic hydroxyl groups is 1. The molecule has 5 nitrogen and oxygen atoms in total. The molecular weight excluding hydrogens is 237 g/mol. The summed E-state index contributed by atoms with van der Waals surface area (Å²) >= 11 is 2.77. The van der Waals surface area contributed by atoms with Crippen molar-refractivity contribution in [2.75, 3.05) is 0 Å². The number of nitrogens with one attached hydrogen (secondary N) is 1. The highest BCUT2D eigenvalue weighted by molar-refractivity contribution is 9.07. The third kappa shape index (κ3) is 2.06. The molecule has 64 valence electrons. The third-order valence-corrected chi connectivity index (χ3v) is 1.92. The van der Waals surface area contributed by atoms with Crippen molar-refractivity contribution in [1.29, 1.82) is 0 Å². The van der Waals surface area contributed by atoms with Crippen molar-refractivity contribution in [2.24, 2.45) is 5.73 Å². The molecule has 0 spiro atoms. The van der Waals surface area contributed by atoms with Crippen LogP contribution in [0.5, 0.6) is 0 Å². The molecule has 11 heavy (non-hydrogen) atoms. The second-order valence-corrected chi connectivity index (χ2v) is 2.56. The fourth-order valence-electron chi connectivity index (χ4n) is 0.520. The summed E-state index contributed by atoms with van der Waals surface area (Å²) in [4.78, 5) is 10.7. The van der Waals surface area contributed by atoms with E-state index in [9.17, 15) is 4.79 Å². The largest absolute Gasteiger partial charge is 0.355 e. The van der Waals surface area contributed by atoms with Crippen molar-refractivity contribution in [3.05, 3.63) is 12.3 Å². The number of carbonyl (C=O) groups excluding carboxylic acids is 1. The Labute approximate surface area is 78.0 Å². The lowest BCUT2D eigenvalue weighted by Crippen LogP contribution is -2.57. The minimum atomic E-state index is -1.73.